The third kappa shape index (κ3) is 5.23. The smallest absolute Gasteiger partial charge is 0.273 e. The minimum atomic E-state index is -3.71. The number of nitrogens with two attached hydrogens (primary N) is 1. The summed E-state index contributed by atoms with van der Waals surface area (Å²) in [6, 6.07) is 4.41. The molecule has 0 atom stereocenters. The lowest BCUT2D eigenvalue weighted by Gasteiger charge is -2.31. The van der Waals surface area contributed by atoms with Gasteiger partial charge in [-0.25, -0.2) is 22.5 Å². The second-order valence-electron chi connectivity index (χ2n) is 5.97. The number of amides is 1. The average molecular weight is 435 g/mol. The van der Waals surface area contributed by atoms with Crippen LogP contribution in [0, 0.1) is 5.82 Å². The molecule has 3 N–H and O–H groups in total. The highest BCUT2D eigenvalue weighted by Crippen LogP contribution is 2.18. The van der Waals surface area contributed by atoms with Crippen molar-refractivity contribution in [3.05, 3.63) is 46.2 Å². The van der Waals surface area contributed by atoms with E-state index in [4.69, 9.17) is 5.73 Å². The van der Waals surface area contributed by atoms with Crippen LogP contribution in [0.4, 0.5) is 4.39 Å². The molecule has 0 radical (unpaired) electrons. The van der Waals surface area contributed by atoms with Crippen molar-refractivity contribution in [1.82, 2.24) is 14.6 Å². The van der Waals surface area contributed by atoms with Crippen molar-refractivity contribution in [2.45, 2.75) is 30.3 Å². The zero-order valence-corrected chi connectivity index (χ0v) is 16.7. The summed E-state index contributed by atoms with van der Waals surface area (Å²) in [5, 5.41) is 2.39. The molecule has 1 aliphatic heterocycles. The molecule has 0 bridgehead atoms. The van der Waals surface area contributed by atoms with Crippen LogP contribution in [0.25, 0.3) is 0 Å². The summed E-state index contributed by atoms with van der Waals surface area (Å²) in [7, 11) is -3.71. The van der Waals surface area contributed by atoms with Crippen molar-refractivity contribution >= 4 is 39.7 Å². The number of likely N-dealkylation sites (tertiary alicyclic amines) is 1. The summed E-state index contributed by atoms with van der Waals surface area (Å²) in [5.41, 5.74) is 5.89. The van der Waals surface area contributed by atoms with Crippen LogP contribution < -0.4 is 10.5 Å². The van der Waals surface area contributed by atoms with E-state index < -0.39 is 15.8 Å². The van der Waals surface area contributed by atoms with Crippen LogP contribution in [0.5, 0.6) is 0 Å². The number of nitrogens with zero attached hydrogens (tertiary/aromatic N) is 2. The van der Waals surface area contributed by atoms with Gasteiger partial charge in [-0.3, -0.25) is 4.79 Å². The summed E-state index contributed by atoms with van der Waals surface area (Å²) in [6.07, 6.45) is 1.00. The van der Waals surface area contributed by atoms with Crippen molar-refractivity contribution in [2.24, 2.45) is 5.73 Å². The molecule has 1 saturated heterocycles. The van der Waals surface area contributed by atoms with Gasteiger partial charge in [0.1, 0.15) is 16.5 Å². The van der Waals surface area contributed by atoms with E-state index in [1.54, 1.807) is 10.3 Å². The van der Waals surface area contributed by atoms with Gasteiger partial charge in [0.2, 0.25) is 10.0 Å². The van der Waals surface area contributed by atoms with Gasteiger partial charge in [0, 0.05) is 31.1 Å². The maximum absolute atomic E-state index is 13.0. The number of nitrogens with one attached hydrogen (secondary N) is 1. The number of hydrogen-bond donors (Lipinski definition) is 2. The molecule has 1 aromatic heterocycles. The molecule has 0 spiro atoms. The van der Waals surface area contributed by atoms with Crippen LogP contribution >= 0.6 is 23.7 Å². The molecule has 1 aromatic carbocycles. The first kappa shape index (κ1) is 21.7. The van der Waals surface area contributed by atoms with E-state index in [-0.39, 0.29) is 29.3 Å². The van der Waals surface area contributed by atoms with Gasteiger partial charge >= 0.3 is 0 Å². The zero-order chi connectivity index (χ0) is 18.7. The molecule has 11 heteroatoms. The van der Waals surface area contributed by atoms with Crippen LogP contribution in [0.2, 0.25) is 0 Å². The first-order valence-electron chi connectivity index (χ1n) is 8.10. The third-order valence-corrected chi connectivity index (χ3v) is 6.58. The number of carbonyl (C=O) groups excluding carboxylic acids is 1. The van der Waals surface area contributed by atoms with E-state index in [0.717, 1.165) is 12.1 Å². The predicted molar refractivity (Wildman–Crippen MR) is 103 cm³/mol. The maximum Gasteiger partial charge on any atom is 0.273 e. The van der Waals surface area contributed by atoms with Gasteiger partial charge in [0.25, 0.3) is 5.91 Å². The summed E-state index contributed by atoms with van der Waals surface area (Å²) < 4.78 is 40.3. The number of hydrogen-bond acceptors (Lipinski definition) is 6. The number of benzene rings is 1. The Bertz CT molecular complexity index is 881. The number of rotatable bonds is 5. The van der Waals surface area contributed by atoms with E-state index in [2.05, 4.69) is 9.71 Å². The number of halogens is 2. The monoisotopic (exact) mass is 434 g/mol. The molecule has 1 fully saturated rings. The summed E-state index contributed by atoms with van der Waals surface area (Å²) >= 11 is 1.35. The van der Waals surface area contributed by atoms with Crippen molar-refractivity contribution in [3.63, 3.8) is 0 Å². The van der Waals surface area contributed by atoms with Crippen LogP contribution in [0.15, 0.2) is 34.5 Å². The molecule has 0 unspecified atom stereocenters. The van der Waals surface area contributed by atoms with Crippen LogP contribution in [0.1, 0.15) is 28.3 Å². The van der Waals surface area contributed by atoms with Crippen LogP contribution in [-0.2, 0) is 16.6 Å². The topological polar surface area (TPSA) is 105 Å². The Morgan fingerprint density at radius 1 is 1.30 bits per heavy atom. The first-order chi connectivity index (χ1) is 12.4. The zero-order valence-electron chi connectivity index (χ0n) is 14.3. The highest BCUT2D eigenvalue weighted by molar-refractivity contribution is 7.89. The average Bonchev–Trinajstić information content (AvgIpc) is 3.11. The second kappa shape index (κ2) is 9.07. The number of aromatic nitrogens is 1. The molecule has 0 saturated carbocycles. The van der Waals surface area contributed by atoms with E-state index in [9.17, 15) is 17.6 Å². The quantitative estimate of drug-likeness (QED) is 0.745. The molecule has 148 valence electrons. The van der Waals surface area contributed by atoms with Gasteiger partial charge in [-0.05, 0) is 37.1 Å². The normalized spacial score (nSPS) is 15.4. The van der Waals surface area contributed by atoms with Crippen molar-refractivity contribution in [1.29, 1.82) is 0 Å². The Hall–Kier alpha value is -1.59. The van der Waals surface area contributed by atoms with Gasteiger partial charge < -0.3 is 10.6 Å². The van der Waals surface area contributed by atoms with E-state index in [1.165, 1.54) is 23.5 Å². The molecule has 3 rings (SSSR count). The maximum atomic E-state index is 13.0. The summed E-state index contributed by atoms with van der Waals surface area (Å²) in [5.74, 6) is -0.656. The summed E-state index contributed by atoms with van der Waals surface area (Å²) in [6.45, 7) is 1.17. The molecule has 27 heavy (non-hydrogen) atoms. The molecule has 1 aliphatic rings. The van der Waals surface area contributed by atoms with Crippen molar-refractivity contribution in [3.8, 4) is 0 Å². The summed E-state index contributed by atoms with van der Waals surface area (Å²) in [4.78, 5) is 18.3. The third-order valence-electron chi connectivity index (χ3n) is 4.17. The van der Waals surface area contributed by atoms with Crippen LogP contribution in [0.3, 0.4) is 0 Å². The van der Waals surface area contributed by atoms with Gasteiger partial charge in [0.05, 0.1) is 4.90 Å². The largest absolute Gasteiger partial charge is 0.337 e. The lowest BCUT2D eigenvalue weighted by atomic mass is 10.1. The molecule has 0 aliphatic carbocycles. The highest BCUT2D eigenvalue weighted by atomic mass is 35.5. The van der Waals surface area contributed by atoms with Crippen molar-refractivity contribution < 1.29 is 17.6 Å². The van der Waals surface area contributed by atoms with E-state index in [0.29, 0.717) is 43.2 Å². The lowest BCUT2D eigenvalue weighted by molar-refractivity contribution is 0.0706. The minimum Gasteiger partial charge on any atom is -0.337 e. The molecule has 7 nitrogen and oxygen atoms in total. The fraction of sp³-hybridized carbons (Fsp3) is 0.375. The SMILES string of the molecule is Cl.NCc1nc(C(=O)N2CCC(NS(=O)(=O)c3ccc(F)cc3)CC2)cs1. The Balaban J connectivity index is 0.00000261. The van der Waals surface area contributed by atoms with Crippen molar-refractivity contribution in [2.75, 3.05) is 13.1 Å². The highest BCUT2D eigenvalue weighted by Gasteiger charge is 2.28. The Morgan fingerprint density at radius 3 is 2.48 bits per heavy atom. The number of sulfonamides is 1. The molecular formula is C16H20ClFN4O3S2. The number of piperidine rings is 1. The Labute approximate surface area is 167 Å². The lowest BCUT2D eigenvalue weighted by Crippen LogP contribution is -2.46. The molecule has 1 amide bonds. The van der Waals surface area contributed by atoms with Gasteiger partial charge in [-0.2, -0.15) is 0 Å². The van der Waals surface area contributed by atoms with Crippen LogP contribution in [-0.4, -0.2) is 43.3 Å². The molecular weight excluding hydrogens is 415 g/mol. The Kier molecular flexibility index (Phi) is 7.29. The molecule has 2 heterocycles. The van der Waals surface area contributed by atoms with E-state index in [1.807, 2.05) is 0 Å². The second-order valence-corrected chi connectivity index (χ2v) is 8.63. The number of carbonyl (C=O) groups is 1. The van der Waals surface area contributed by atoms with Gasteiger partial charge in [0.15, 0.2) is 0 Å². The first-order valence-corrected chi connectivity index (χ1v) is 10.5. The minimum absolute atomic E-state index is 0. The molecule has 2 aromatic rings. The Morgan fingerprint density at radius 2 is 1.93 bits per heavy atom. The fourth-order valence-corrected chi connectivity index (χ4v) is 4.72. The number of thiazole rings is 1. The van der Waals surface area contributed by atoms with Gasteiger partial charge in [-0.1, -0.05) is 0 Å². The van der Waals surface area contributed by atoms with E-state index >= 15 is 0 Å². The van der Waals surface area contributed by atoms with Gasteiger partial charge in [-0.15, -0.1) is 23.7 Å². The standard InChI is InChI=1S/C16H19FN4O3S2.ClH/c17-11-1-3-13(4-2-11)26(23,24)20-12-5-7-21(8-6-12)16(22)14-10-25-15(9-18)19-14;/h1-4,10,12,20H,5-9,18H2;1H. The fourth-order valence-electron chi connectivity index (χ4n) is 2.77. The predicted octanol–water partition coefficient (Wildman–Crippen LogP) is 1.75.